The molecule has 0 radical (unpaired) electrons. The van der Waals surface area contributed by atoms with Gasteiger partial charge in [-0.1, -0.05) is 19.9 Å². The van der Waals surface area contributed by atoms with Gasteiger partial charge in [-0.2, -0.15) is 0 Å². The quantitative estimate of drug-likeness (QED) is 0.594. The topological polar surface area (TPSA) is 119 Å². The highest BCUT2D eigenvalue weighted by atomic mass is 32.2. The molecule has 1 N–H and O–H groups in total. The lowest BCUT2D eigenvalue weighted by Crippen LogP contribution is -2.44. The summed E-state index contributed by atoms with van der Waals surface area (Å²) in [6.45, 7) is 3.16. The van der Waals surface area contributed by atoms with Gasteiger partial charge in [0, 0.05) is 14.1 Å². The third-order valence-electron chi connectivity index (χ3n) is 3.71. The van der Waals surface area contributed by atoms with Gasteiger partial charge in [0.05, 0.1) is 17.6 Å². The fourth-order valence-electron chi connectivity index (χ4n) is 2.27. The number of benzene rings is 1. The zero-order valence-corrected chi connectivity index (χ0v) is 17.4. The van der Waals surface area contributed by atoms with Crippen LogP contribution in [0.25, 0.3) is 0 Å². The van der Waals surface area contributed by atoms with Crippen LogP contribution in [0.5, 0.6) is 0 Å². The maximum atomic E-state index is 12.1. The molecule has 10 heteroatoms. The molecule has 9 nitrogen and oxygen atoms in total. The van der Waals surface area contributed by atoms with Crippen LogP contribution in [0.2, 0.25) is 0 Å². The molecule has 1 rings (SSSR count). The number of nitrogens with one attached hydrogen (secondary N) is 1. The zero-order valence-electron chi connectivity index (χ0n) is 16.6. The molecule has 0 aromatic heterocycles. The molecule has 1 aromatic rings. The molecule has 0 heterocycles. The van der Waals surface area contributed by atoms with Gasteiger partial charge in [-0.05, 0) is 30.5 Å². The Bertz CT molecular complexity index is 819. The number of amides is 1. The highest BCUT2D eigenvalue weighted by Crippen LogP contribution is 2.15. The van der Waals surface area contributed by atoms with Crippen LogP contribution in [0, 0.1) is 5.92 Å². The normalized spacial score (nSPS) is 12.5. The van der Waals surface area contributed by atoms with E-state index in [1.54, 1.807) is 0 Å². The molecule has 28 heavy (non-hydrogen) atoms. The smallest absolute Gasteiger partial charge is 0.338 e. The number of nitrogens with zero attached hydrogens (tertiary/aromatic N) is 1. The third-order valence-corrected chi connectivity index (χ3v) is 5.52. The first-order valence-electron chi connectivity index (χ1n) is 8.56. The lowest BCUT2D eigenvalue weighted by molar-refractivity contribution is -0.145. The molecule has 0 saturated carbocycles. The van der Waals surface area contributed by atoms with Crippen molar-refractivity contribution in [2.75, 3.05) is 27.8 Å². The maximum Gasteiger partial charge on any atom is 0.338 e. The Hall–Kier alpha value is -2.46. The van der Waals surface area contributed by atoms with Crippen molar-refractivity contribution in [2.45, 2.75) is 31.2 Å². The van der Waals surface area contributed by atoms with Gasteiger partial charge in [-0.25, -0.2) is 22.3 Å². The molecule has 0 saturated heterocycles. The van der Waals surface area contributed by atoms with E-state index in [0.717, 1.165) is 4.31 Å². The largest absolute Gasteiger partial charge is 0.467 e. The van der Waals surface area contributed by atoms with Crippen molar-refractivity contribution in [3.63, 3.8) is 0 Å². The second-order valence-corrected chi connectivity index (χ2v) is 8.82. The maximum absolute atomic E-state index is 12.1. The van der Waals surface area contributed by atoms with E-state index in [4.69, 9.17) is 4.74 Å². The van der Waals surface area contributed by atoms with Crippen molar-refractivity contribution >= 4 is 27.9 Å². The van der Waals surface area contributed by atoms with Crippen LogP contribution < -0.4 is 5.32 Å². The predicted octanol–water partition coefficient (Wildman–Crippen LogP) is 0.798. The zero-order chi connectivity index (χ0) is 21.5. The summed E-state index contributed by atoms with van der Waals surface area (Å²) in [5, 5.41) is 2.46. The molecule has 0 bridgehead atoms. The molecule has 1 amide bonds. The van der Waals surface area contributed by atoms with E-state index in [-0.39, 0.29) is 16.4 Å². The van der Waals surface area contributed by atoms with E-state index in [2.05, 4.69) is 10.1 Å². The summed E-state index contributed by atoms with van der Waals surface area (Å²) >= 11 is 0. The molecule has 0 fully saturated rings. The number of rotatable bonds is 9. The van der Waals surface area contributed by atoms with Crippen molar-refractivity contribution in [3.05, 3.63) is 29.8 Å². The third kappa shape index (κ3) is 6.61. The molecule has 1 atom stereocenters. The van der Waals surface area contributed by atoms with Crippen molar-refractivity contribution in [1.82, 2.24) is 9.62 Å². The second kappa shape index (κ2) is 10.2. The number of ether oxygens (including phenoxy) is 2. The number of methoxy groups -OCH3 is 1. The molecular weight excluding hydrogens is 388 g/mol. The van der Waals surface area contributed by atoms with Crippen molar-refractivity contribution in [2.24, 2.45) is 5.92 Å². The summed E-state index contributed by atoms with van der Waals surface area (Å²) in [6.07, 6.45) is 0.372. The van der Waals surface area contributed by atoms with E-state index >= 15 is 0 Å². The fraction of sp³-hybridized carbons (Fsp3) is 0.500. The summed E-state index contributed by atoms with van der Waals surface area (Å²) in [7, 11) is 0.259. The Labute approximate surface area is 165 Å². The Kier molecular flexibility index (Phi) is 8.58. The van der Waals surface area contributed by atoms with Gasteiger partial charge >= 0.3 is 11.9 Å². The van der Waals surface area contributed by atoms with Gasteiger partial charge < -0.3 is 14.8 Å². The highest BCUT2D eigenvalue weighted by molar-refractivity contribution is 7.89. The SMILES string of the molecule is COC(=O)[C@H](CC(C)C)NC(=O)COC(=O)c1cccc(S(=O)(=O)N(C)C)c1. The van der Waals surface area contributed by atoms with Crippen LogP contribution in [0.1, 0.15) is 30.6 Å². The predicted molar refractivity (Wildman–Crippen MR) is 101 cm³/mol. The van der Waals surface area contributed by atoms with Crippen LogP contribution in [-0.2, 0) is 29.1 Å². The van der Waals surface area contributed by atoms with Gasteiger partial charge in [-0.15, -0.1) is 0 Å². The van der Waals surface area contributed by atoms with E-state index in [1.165, 1.54) is 45.5 Å². The van der Waals surface area contributed by atoms with Crippen LogP contribution in [0.3, 0.4) is 0 Å². The van der Waals surface area contributed by atoms with Crippen molar-refractivity contribution in [1.29, 1.82) is 0 Å². The van der Waals surface area contributed by atoms with Crippen LogP contribution >= 0.6 is 0 Å². The van der Waals surface area contributed by atoms with Crippen LogP contribution in [0.15, 0.2) is 29.2 Å². The number of carbonyl (C=O) groups is 3. The summed E-state index contributed by atoms with van der Waals surface area (Å²) in [6, 6.07) is 4.47. The van der Waals surface area contributed by atoms with Crippen molar-refractivity contribution < 1.29 is 32.3 Å². The average molecular weight is 414 g/mol. The molecule has 0 aliphatic carbocycles. The summed E-state index contributed by atoms with van der Waals surface area (Å²) in [5.74, 6) is -1.98. The minimum Gasteiger partial charge on any atom is -0.467 e. The average Bonchev–Trinajstić information content (AvgIpc) is 2.64. The molecule has 156 valence electrons. The van der Waals surface area contributed by atoms with Gasteiger partial charge in [0.1, 0.15) is 6.04 Å². The Morgan fingerprint density at radius 3 is 2.36 bits per heavy atom. The van der Waals surface area contributed by atoms with Gasteiger partial charge in [0.25, 0.3) is 5.91 Å². The first-order valence-corrected chi connectivity index (χ1v) is 10.00. The Morgan fingerprint density at radius 2 is 1.82 bits per heavy atom. The summed E-state index contributed by atoms with van der Waals surface area (Å²) in [4.78, 5) is 35.8. The first kappa shape index (κ1) is 23.6. The lowest BCUT2D eigenvalue weighted by Gasteiger charge is -2.18. The van der Waals surface area contributed by atoms with E-state index < -0.39 is 40.5 Å². The van der Waals surface area contributed by atoms with E-state index in [1.807, 2.05) is 13.8 Å². The van der Waals surface area contributed by atoms with Gasteiger partial charge in [-0.3, -0.25) is 4.79 Å². The number of hydrogen-bond donors (Lipinski definition) is 1. The van der Waals surface area contributed by atoms with Gasteiger partial charge in [0.2, 0.25) is 10.0 Å². The van der Waals surface area contributed by atoms with E-state index in [9.17, 15) is 22.8 Å². The molecule has 0 spiro atoms. The number of esters is 2. The molecule has 1 aromatic carbocycles. The van der Waals surface area contributed by atoms with Gasteiger partial charge in [0.15, 0.2) is 6.61 Å². The minimum atomic E-state index is -3.71. The number of carbonyl (C=O) groups excluding carboxylic acids is 3. The first-order chi connectivity index (χ1) is 13.0. The monoisotopic (exact) mass is 414 g/mol. The highest BCUT2D eigenvalue weighted by Gasteiger charge is 2.24. The Balaban J connectivity index is 2.76. The molecule has 0 aliphatic rings. The Morgan fingerprint density at radius 1 is 1.18 bits per heavy atom. The number of sulfonamides is 1. The number of hydrogen-bond acceptors (Lipinski definition) is 7. The second-order valence-electron chi connectivity index (χ2n) is 6.66. The molecule has 0 unspecified atom stereocenters. The standard InChI is InChI=1S/C18H26N2O7S/c1-12(2)9-15(18(23)26-5)19-16(21)11-27-17(22)13-7-6-8-14(10-13)28(24,25)20(3)4/h6-8,10,12,15H,9,11H2,1-5H3,(H,19,21)/t15-/m0/s1. The summed E-state index contributed by atoms with van der Waals surface area (Å²) < 4.78 is 34.9. The lowest BCUT2D eigenvalue weighted by atomic mass is 10.0. The minimum absolute atomic E-state index is 0.0116. The molecular formula is C18H26N2O7S. The summed E-state index contributed by atoms with van der Waals surface area (Å²) in [5.41, 5.74) is -0.0116. The fourth-order valence-corrected chi connectivity index (χ4v) is 3.22. The van der Waals surface area contributed by atoms with Crippen LogP contribution in [0.4, 0.5) is 0 Å². The molecule has 0 aliphatic heterocycles. The van der Waals surface area contributed by atoms with Crippen LogP contribution in [-0.4, -0.2) is 64.4 Å². The van der Waals surface area contributed by atoms with Crippen molar-refractivity contribution in [3.8, 4) is 0 Å². The van der Waals surface area contributed by atoms with E-state index in [0.29, 0.717) is 6.42 Å².